The van der Waals surface area contributed by atoms with Crippen LogP contribution in [0.5, 0.6) is 0 Å². The maximum absolute atomic E-state index is 11.3. The lowest BCUT2D eigenvalue weighted by molar-refractivity contribution is -0.318. The van der Waals surface area contributed by atoms with Crippen molar-refractivity contribution >= 4 is 0 Å². The van der Waals surface area contributed by atoms with Crippen LogP contribution in [0.15, 0.2) is 11.8 Å². The average molecular weight is 476 g/mol. The zero-order valence-corrected chi connectivity index (χ0v) is 19.6. The Balaban J connectivity index is 1.78. The van der Waals surface area contributed by atoms with Crippen LogP contribution in [-0.4, -0.2) is 109 Å². The molecule has 0 spiro atoms. The second-order valence-electron chi connectivity index (χ2n) is 9.24. The van der Waals surface area contributed by atoms with Gasteiger partial charge in [-0.2, -0.15) is 0 Å². The molecule has 1 saturated carbocycles. The van der Waals surface area contributed by atoms with E-state index in [1.54, 1.807) is 7.05 Å². The molecule has 33 heavy (non-hydrogen) atoms. The number of aliphatic hydroxyl groups is 3. The summed E-state index contributed by atoms with van der Waals surface area (Å²) in [4.78, 5) is 0. The molecule has 0 aromatic rings. The van der Waals surface area contributed by atoms with E-state index in [0.29, 0.717) is 25.1 Å². The molecule has 1 aliphatic carbocycles. The van der Waals surface area contributed by atoms with E-state index in [9.17, 15) is 15.3 Å². The highest BCUT2D eigenvalue weighted by atomic mass is 16.7. The van der Waals surface area contributed by atoms with Gasteiger partial charge in [-0.3, -0.25) is 0 Å². The van der Waals surface area contributed by atoms with Gasteiger partial charge in [-0.1, -0.05) is 6.92 Å². The molecule has 0 aromatic carbocycles. The molecule has 11 atom stereocenters. The van der Waals surface area contributed by atoms with Crippen molar-refractivity contribution in [3.8, 4) is 0 Å². The molecule has 0 amide bonds. The summed E-state index contributed by atoms with van der Waals surface area (Å²) in [5.41, 5.74) is 16.7. The molecule has 3 aliphatic rings. The van der Waals surface area contributed by atoms with Crippen molar-refractivity contribution in [1.82, 2.24) is 10.6 Å². The molecular formula is C21H41N5O7. The molecule has 2 heterocycles. The van der Waals surface area contributed by atoms with Gasteiger partial charge in [0.05, 0.1) is 31.3 Å². The fourth-order valence-corrected chi connectivity index (χ4v) is 4.93. The molecule has 12 heteroatoms. The van der Waals surface area contributed by atoms with Gasteiger partial charge >= 0.3 is 0 Å². The Hall–Kier alpha value is -0.900. The topological polar surface area (TPSA) is 200 Å². The van der Waals surface area contributed by atoms with Crippen molar-refractivity contribution in [2.45, 2.75) is 93.5 Å². The quantitative estimate of drug-likeness (QED) is 0.175. The SMILES string of the molecule is CCN[C@@H]1C[C@H](N)[C@@H](O[C@H]2OC(CN)=CC[C@H]2N)[C@H](O)[C@H]1O[C@H]1OC[C@H](O)[C@@H](NC)[C@@]1(C)O. The minimum atomic E-state index is -1.56. The number of likely N-dealkylation sites (N-methyl/N-ethyl adjacent to an activating group) is 2. The maximum atomic E-state index is 11.3. The third-order valence-corrected chi connectivity index (χ3v) is 6.71. The molecule has 0 aromatic heterocycles. The van der Waals surface area contributed by atoms with E-state index in [0.717, 1.165) is 0 Å². The van der Waals surface area contributed by atoms with Crippen LogP contribution in [0.4, 0.5) is 0 Å². The van der Waals surface area contributed by atoms with Gasteiger partial charge in [0.15, 0.2) is 6.29 Å². The largest absolute Gasteiger partial charge is 0.467 e. The van der Waals surface area contributed by atoms with Crippen molar-refractivity contribution in [1.29, 1.82) is 0 Å². The molecule has 1 saturated heterocycles. The van der Waals surface area contributed by atoms with E-state index in [1.807, 2.05) is 13.0 Å². The van der Waals surface area contributed by atoms with E-state index in [2.05, 4.69) is 10.6 Å². The van der Waals surface area contributed by atoms with E-state index in [-0.39, 0.29) is 19.2 Å². The molecule has 3 rings (SSSR count). The number of nitrogens with one attached hydrogen (secondary N) is 2. The molecule has 0 radical (unpaired) electrons. The van der Waals surface area contributed by atoms with Crippen LogP contribution in [-0.2, 0) is 18.9 Å². The highest BCUT2D eigenvalue weighted by molar-refractivity contribution is 5.05. The first-order chi connectivity index (χ1) is 15.6. The average Bonchev–Trinajstić information content (AvgIpc) is 2.76. The van der Waals surface area contributed by atoms with Crippen LogP contribution >= 0.6 is 0 Å². The van der Waals surface area contributed by atoms with Gasteiger partial charge in [0.2, 0.25) is 6.29 Å². The summed E-state index contributed by atoms with van der Waals surface area (Å²) in [5, 5.41) is 38.8. The second kappa shape index (κ2) is 11.2. The molecule has 2 aliphatic heterocycles. The van der Waals surface area contributed by atoms with Crippen molar-refractivity contribution < 1.29 is 34.3 Å². The first-order valence-electron chi connectivity index (χ1n) is 11.6. The van der Waals surface area contributed by atoms with E-state index >= 15 is 0 Å². The Morgan fingerprint density at radius 2 is 1.94 bits per heavy atom. The fraction of sp³-hybridized carbons (Fsp3) is 0.905. The third-order valence-electron chi connectivity index (χ3n) is 6.71. The molecule has 0 bridgehead atoms. The van der Waals surface area contributed by atoms with Crippen LogP contribution in [0.1, 0.15) is 26.7 Å². The van der Waals surface area contributed by atoms with Crippen LogP contribution in [0, 0.1) is 0 Å². The van der Waals surface area contributed by atoms with Crippen molar-refractivity contribution in [2.24, 2.45) is 17.2 Å². The lowest BCUT2D eigenvalue weighted by atomic mass is 9.83. The lowest BCUT2D eigenvalue weighted by Gasteiger charge is -2.50. The van der Waals surface area contributed by atoms with Gasteiger partial charge in [-0.05, 0) is 39.4 Å². The van der Waals surface area contributed by atoms with Gasteiger partial charge < -0.3 is 62.1 Å². The number of hydrogen-bond acceptors (Lipinski definition) is 12. The fourth-order valence-electron chi connectivity index (χ4n) is 4.93. The Morgan fingerprint density at radius 1 is 1.21 bits per heavy atom. The van der Waals surface area contributed by atoms with Crippen molar-refractivity contribution in [2.75, 3.05) is 26.7 Å². The van der Waals surface area contributed by atoms with E-state index < -0.39 is 60.7 Å². The van der Waals surface area contributed by atoms with Gasteiger partial charge in [-0.15, -0.1) is 0 Å². The van der Waals surface area contributed by atoms with Crippen LogP contribution in [0.25, 0.3) is 0 Å². The van der Waals surface area contributed by atoms with Crippen molar-refractivity contribution in [3.05, 3.63) is 11.8 Å². The normalized spacial score (nSPS) is 46.5. The number of nitrogens with two attached hydrogens (primary N) is 3. The molecule has 12 nitrogen and oxygen atoms in total. The minimum Gasteiger partial charge on any atom is -0.467 e. The molecule has 192 valence electrons. The molecule has 2 fully saturated rings. The van der Waals surface area contributed by atoms with Gasteiger partial charge in [0.1, 0.15) is 29.7 Å². The Kier molecular flexibility index (Phi) is 9.08. The summed E-state index contributed by atoms with van der Waals surface area (Å²) in [7, 11) is 1.64. The van der Waals surface area contributed by atoms with E-state index in [1.165, 1.54) is 6.92 Å². The van der Waals surface area contributed by atoms with Crippen LogP contribution in [0.2, 0.25) is 0 Å². The number of aliphatic hydroxyl groups excluding tert-OH is 2. The molecular weight excluding hydrogens is 434 g/mol. The first kappa shape index (κ1) is 26.7. The number of ether oxygens (including phenoxy) is 4. The molecule has 11 N–H and O–H groups in total. The first-order valence-corrected chi connectivity index (χ1v) is 11.6. The predicted octanol–water partition coefficient (Wildman–Crippen LogP) is -3.20. The highest BCUT2D eigenvalue weighted by Gasteiger charge is 2.53. The number of hydrogen-bond donors (Lipinski definition) is 8. The summed E-state index contributed by atoms with van der Waals surface area (Å²) in [6.07, 6.45) is -2.85. The Labute approximate surface area is 194 Å². The highest BCUT2D eigenvalue weighted by Crippen LogP contribution is 2.33. The standard InChI is InChI=1S/C21H41N5O7/c1-4-26-13-7-12(24)16(32-19-11(23)6-5-10(8-22)31-19)15(28)17(13)33-20-21(2,29)18(25-3)14(27)9-30-20/h5,11-20,25-29H,4,6-9,22-24H2,1-3H3/t11-,12+,13-,14+,15+,16-,17+,18-,19-,20-,21-/m1/s1. The predicted molar refractivity (Wildman–Crippen MR) is 120 cm³/mol. The lowest BCUT2D eigenvalue weighted by Crippen LogP contribution is -2.70. The van der Waals surface area contributed by atoms with Crippen LogP contribution < -0.4 is 27.8 Å². The summed E-state index contributed by atoms with van der Waals surface area (Å²) in [6.45, 7) is 4.27. The van der Waals surface area contributed by atoms with Gasteiger partial charge in [0.25, 0.3) is 0 Å². The Bertz CT molecular complexity index is 669. The minimum absolute atomic E-state index is 0.0284. The zero-order chi connectivity index (χ0) is 24.3. The summed E-state index contributed by atoms with van der Waals surface area (Å²) < 4.78 is 23.6. The maximum Gasteiger partial charge on any atom is 0.215 e. The van der Waals surface area contributed by atoms with Crippen LogP contribution in [0.3, 0.4) is 0 Å². The number of rotatable bonds is 8. The summed E-state index contributed by atoms with van der Waals surface area (Å²) in [5.74, 6) is 0.571. The zero-order valence-electron chi connectivity index (χ0n) is 19.6. The van der Waals surface area contributed by atoms with Gasteiger partial charge in [0, 0.05) is 12.1 Å². The third kappa shape index (κ3) is 5.68. The monoisotopic (exact) mass is 475 g/mol. The summed E-state index contributed by atoms with van der Waals surface area (Å²) >= 11 is 0. The Morgan fingerprint density at radius 3 is 2.58 bits per heavy atom. The van der Waals surface area contributed by atoms with E-state index in [4.69, 9.17) is 36.1 Å². The smallest absolute Gasteiger partial charge is 0.215 e. The van der Waals surface area contributed by atoms with Crippen molar-refractivity contribution in [3.63, 3.8) is 0 Å². The second-order valence-corrected chi connectivity index (χ2v) is 9.24. The summed E-state index contributed by atoms with van der Waals surface area (Å²) in [6, 6.07) is -1.96. The molecule has 0 unspecified atom stereocenters. The van der Waals surface area contributed by atoms with Gasteiger partial charge in [-0.25, -0.2) is 0 Å².